The van der Waals surface area contributed by atoms with Crippen LogP contribution in [0.2, 0.25) is 0 Å². The maximum absolute atomic E-state index is 12.8. The molecule has 2 N–H and O–H groups in total. The van der Waals surface area contributed by atoms with Gasteiger partial charge in [-0.3, -0.25) is 9.48 Å². The third-order valence-electron chi connectivity index (χ3n) is 4.37. The van der Waals surface area contributed by atoms with Crippen LogP contribution < -0.4 is 10.6 Å². The topological polar surface area (TPSA) is 68.2 Å². The van der Waals surface area contributed by atoms with Crippen molar-refractivity contribution in [2.24, 2.45) is 13.0 Å². The van der Waals surface area contributed by atoms with Gasteiger partial charge in [-0.25, -0.2) is 0 Å². The largest absolute Gasteiger partial charge is 0.380 e. The minimum atomic E-state index is -0.122. The fraction of sp³-hybridized carbons (Fsp3) is 0.412. The summed E-state index contributed by atoms with van der Waals surface area (Å²) in [5.74, 6) is 0.0320. The number of aryl methyl sites for hydroxylation is 1. The van der Waals surface area contributed by atoms with E-state index in [9.17, 15) is 4.79 Å². The molecule has 1 saturated heterocycles. The van der Waals surface area contributed by atoms with Gasteiger partial charge in [-0.05, 0) is 17.7 Å². The average Bonchev–Trinajstić information content (AvgIpc) is 3.19. The van der Waals surface area contributed by atoms with Crippen molar-refractivity contribution in [2.45, 2.75) is 12.5 Å². The Morgan fingerprint density at radius 3 is 2.96 bits per heavy atom. The Kier molecular flexibility index (Phi) is 7.01. The minimum Gasteiger partial charge on any atom is -0.380 e. The van der Waals surface area contributed by atoms with E-state index < -0.39 is 0 Å². The number of amides is 1. The highest BCUT2D eigenvalue weighted by atomic mass is 79.9. The Labute approximate surface area is 161 Å². The van der Waals surface area contributed by atoms with E-state index in [-0.39, 0.29) is 30.2 Å². The van der Waals surface area contributed by atoms with Crippen molar-refractivity contribution in [3.05, 3.63) is 46.2 Å². The van der Waals surface area contributed by atoms with Gasteiger partial charge in [0, 0.05) is 55.1 Å². The van der Waals surface area contributed by atoms with Crippen molar-refractivity contribution < 1.29 is 9.53 Å². The quantitative estimate of drug-likeness (QED) is 0.767. The van der Waals surface area contributed by atoms with Crippen LogP contribution >= 0.6 is 28.3 Å². The normalized spacial score (nSPS) is 19.5. The molecule has 0 aliphatic carbocycles. The average molecular weight is 430 g/mol. The molecule has 2 aromatic rings. The van der Waals surface area contributed by atoms with Crippen molar-refractivity contribution in [1.29, 1.82) is 0 Å². The monoisotopic (exact) mass is 428 g/mol. The molecule has 0 unspecified atom stereocenters. The Hall–Kier alpha value is -1.41. The summed E-state index contributed by atoms with van der Waals surface area (Å²) in [6, 6.07) is 5.75. The van der Waals surface area contributed by atoms with Gasteiger partial charge in [-0.15, -0.1) is 12.4 Å². The van der Waals surface area contributed by atoms with Crippen molar-refractivity contribution in [1.82, 2.24) is 15.1 Å². The predicted octanol–water partition coefficient (Wildman–Crippen LogP) is 2.69. The molecule has 1 aliphatic rings. The highest BCUT2D eigenvalue weighted by Crippen LogP contribution is 2.31. The first-order chi connectivity index (χ1) is 11.6. The van der Waals surface area contributed by atoms with Crippen LogP contribution in [-0.2, 0) is 23.2 Å². The highest BCUT2D eigenvalue weighted by molar-refractivity contribution is 9.10. The number of nitrogens with zero attached hydrogens (tertiary/aromatic N) is 2. The van der Waals surface area contributed by atoms with Crippen molar-refractivity contribution in [2.75, 3.05) is 25.5 Å². The van der Waals surface area contributed by atoms with E-state index in [1.807, 2.05) is 37.6 Å². The number of nitrogens with one attached hydrogen (secondary N) is 2. The molecule has 2 atom stereocenters. The van der Waals surface area contributed by atoms with E-state index in [4.69, 9.17) is 4.74 Å². The summed E-state index contributed by atoms with van der Waals surface area (Å²) in [6.45, 7) is 1.89. The third-order valence-corrected chi connectivity index (χ3v) is 5.11. The molecule has 8 heteroatoms. The fourth-order valence-corrected chi connectivity index (χ4v) is 3.61. The molecule has 0 saturated carbocycles. The standard InChI is InChI=1S/C17H21BrN4O2.ClH/c1-22-9-11(6-20-22)12-7-19-8-13(12)17(23)21-16-5-3-4-15(18)14(16)10-24-2;/h3-6,9,12-13,19H,7-8,10H2,1-2H3,(H,21,23);1H/t12-,13+;/m1./s1. The number of ether oxygens (including phenoxy) is 1. The van der Waals surface area contributed by atoms with Gasteiger partial charge in [-0.2, -0.15) is 5.10 Å². The van der Waals surface area contributed by atoms with Crippen molar-refractivity contribution in [3.8, 4) is 0 Å². The van der Waals surface area contributed by atoms with Gasteiger partial charge in [0.05, 0.1) is 18.7 Å². The zero-order valence-electron chi connectivity index (χ0n) is 14.2. The van der Waals surface area contributed by atoms with E-state index in [0.29, 0.717) is 13.2 Å². The molecule has 2 heterocycles. The lowest BCUT2D eigenvalue weighted by molar-refractivity contribution is -0.119. The smallest absolute Gasteiger partial charge is 0.229 e. The lowest BCUT2D eigenvalue weighted by Crippen LogP contribution is -2.28. The number of anilines is 1. The number of hydrogen-bond acceptors (Lipinski definition) is 4. The van der Waals surface area contributed by atoms with Crippen LogP contribution in [0.15, 0.2) is 35.1 Å². The Morgan fingerprint density at radius 2 is 2.28 bits per heavy atom. The number of aromatic nitrogens is 2. The van der Waals surface area contributed by atoms with Crippen LogP contribution in [0.25, 0.3) is 0 Å². The maximum atomic E-state index is 12.8. The molecule has 25 heavy (non-hydrogen) atoms. The summed E-state index contributed by atoms with van der Waals surface area (Å²) < 4.78 is 7.94. The first-order valence-corrected chi connectivity index (χ1v) is 8.66. The molecule has 3 rings (SSSR count). The van der Waals surface area contributed by atoms with Crippen LogP contribution in [0.1, 0.15) is 17.0 Å². The molecule has 0 radical (unpaired) electrons. The van der Waals surface area contributed by atoms with Gasteiger partial charge in [-0.1, -0.05) is 22.0 Å². The summed E-state index contributed by atoms with van der Waals surface area (Å²) in [7, 11) is 3.53. The van der Waals surface area contributed by atoms with Crippen LogP contribution in [0, 0.1) is 5.92 Å². The molecule has 6 nitrogen and oxygen atoms in total. The van der Waals surface area contributed by atoms with Gasteiger partial charge in [0.25, 0.3) is 0 Å². The van der Waals surface area contributed by atoms with Crippen LogP contribution in [0.3, 0.4) is 0 Å². The molecule has 1 aromatic carbocycles. The second-order valence-corrected chi connectivity index (χ2v) is 6.86. The molecular formula is C17H22BrClN4O2. The number of benzene rings is 1. The predicted molar refractivity (Wildman–Crippen MR) is 103 cm³/mol. The van der Waals surface area contributed by atoms with E-state index in [1.165, 1.54) is 0 Å². The zero-order chi connectivity index (χ0) is 17.1. The second-order valence-electron chi connectivity index (χ2n) is 6.01. The van der Waals surface area contributed by atoms with Gasteiger partial charge in [0.1, 0.15) is 0 Å². The van der Waals surface area contributed by atoms with Crippen molar-refractivity contribution >= 4 is 39.9 Å². The third kappa shape index (κ3) is 4.41. The lowest BCUT2D eigenvalue weighted by atomic mass is 9.90. The number of rotatable bonds is 5. The second kappa shape index (κ2) is 8.80. The van der Waals surface area contributed by atoms with Crippen LogP contribution in [0.4, 0.5) is 5.69 Å². The number of carbonyl (C=O) groups excluding carboxylic acids is 1. The molecule has 1 aliphatic heterocycles. The first-order valence-electron chi connectivity index (χ1n) is 7.86. The van der Waals surface area contributed by atoms with Gasteiger partial charge in [0.15, 0.2) is 0 Å². The van der Waals surface area contributed by atoms with E-state index in [0.717, 1.165) is 27.8 Å². The summed E-state index contributed by atoms with van der Waals surface area (Å²) >= 11 is 3.52. The lowest BCUT2D eigenvalue weighted by Gasteiger charge is -2.19. The molecule has 0 bridgehead atoms. The molecular weight excluding hydrogens is 408 g/mol. The number of halogens is 2. The van der Waals surface area contributed by atoms with Crippen LogP contribution in [0.5, 0.6) is 0 Å². The Balaban J connectivity index is 0.00000225. The molecule has 1 aromatic heterocycles. The fourth-order valence-electron chi connectivity index (χ4n) is 3.13. The van der Waals surface area contributed by atoms with Crippen molar-refractivity contribution in [3.63, 3.8) is 0 Å². The first kappa shape index (κ1) is 19.9. The molecule has 1 amide bonds. The maximum Gasteiger partial charge on any atom is 0.229 e. The summed E-state index contributed by atoms with van der Waals surface area (Å²) in [5, 5.41) is 10.6. The minimum absolute atomic E-state index is 0. The molecule has 1 fully saturated rings. The van der Waals surface area contributed by atoms with Gasteiger partial charge >= 0.3 is 0 Å². The summed E-state index contributed by atoms with van der Waals surface area (Å²) in [5.41, 5.74) is 2.82. The zero-order valence-corrected chi connectivity index (χ0v) is 16.6. The summed E-state index contributed by atoms with van der Waals surface area (Å²) in [6.07, 6.45) is 3.82. The number of methoxy groups -OCH3 is 1. The van der Waals surface area contributed by atoms with Gasteiger partial charge < -0.3 is 15.4 Å². The number of hydrogen-bond donors (Lipinski definition) is 2. The Bertz CT molecular complexity index is 737. The van der Waals surface area contributed by atoms with E-state index in [2.05, 4.69) is 31.7 Å². The van der Waals surface area contributed by atoms with Gasteiger partial charge in [0.2, 0.25) is 5.91 Å². The van der Waals surface area contributed by atoms with Crippen LogP contribution in [-0.4, -0.2) is 35.9 Å². The summed E-state index contributed by atoms with van der Waals surface area (Å²) in [4.78, 5) is 12.8. The molecule has 136 valence electrons. The number of carbonyl (C=O) groups is 1. The highest BCUT2D eigenvalue weighted by Gasteiger charge is 2.35. The molecule has 0 spiro atoms. The van der Waals surface area contributed by atoms with E-state index >= 15 is 0 Å². The SMILES string of the molecule is COCc1c(Br)cccc1NC(=O)[C@H]1CNC[C@@H]1c1cnn(C)c1.Cl. The van der Waals surface area contributed by atoms with E-state index in [1.54, 1.807) is 11.8 Å². The Morgan fingerprint density at radius 1 is 1.48 bits per heavy atom.